The first kappa shape index (κ1) is 16.5. The minimum Gasteiger partial charge on any atom is -0.445 e. The fraction of sp³-hybridized carbons (Fsp3) is 0.471. The standard InChI is InChI=1S/C17H23NO4/c1-2-6-15-9-14(19)10-16(22-15)11-18-17(20)21-12-13-7-4-3-5-8-13/h2-5,7-8,14-16,19H,1,6,9-12H2,(H,18,20)/t14-,15+,16+/m0/s1. The lowest BCUT2D eigenvalue weighted by Crippen LogP contribution is -2.42. The topological polar surface area (TPSA) is 67.8 Å². The van der Waals surface area contributed by atoms with Crippen LogP contribution in [0.5, 0.6) is 0 Å². The van der Waals surface area contributed by atoms with E-state index in [2.05, 4.69) is 11.9 Å². The lowest BCUT2D eigenvalue weighted by atomic mass is 9.99. The molecule has 0 saturated carbocycles. The number of carbonyl (C=O) groups is 1. The van der Waals surface area contributed by atoms with Crippen LogP contribution in [0.4, 0.5) is 4.79 Å². The van der Waals surface area contributed by atoms with E-state index in [4.69, 9.17) is 9.47 Å². The maximum atomic E-state index is 11.7. The highest BCUT2D eigenvalue weighted by Gasteiger charge is 2.27. The molecule has 1 fully saturated rings. The Kier molecular flexibility index (Phi) is 6.43. The maximum absolute atomic E-state index is 11.7. The molecule has 2 rings (SSSR count). The van der Waals surface area contributed by atoms with E-state index in [-0.39, 0.29) is 18.8 Å². The number of rotatable bonds is 6. The molecule has 0 bridgehead atoms. The summed E-state index contributed by atoms with van der Waals surface area (Å²) in [6.45, 7) is 4.25. The largest absolute Gasteiger partial charge is 0.445 e. The Morgan fingerprint density at radius 2 is 2.09 bits per heavy atom. The lowest BCUT2D eigenvalue weighted by Gasteiger charge is -2.32. The third kappa shape index (κ3) is 5.50. The molecule has 0 aliphatic carbocycles. The predicted molar refractivity (Wildman–Crippen MR) is 83.3 cm³/mol. The highest BCUT2D eigenvalue weighted by atomic mass is 16.5. The van der Waals surface area contributed by atoms with Gasteiger partial charge in [0.05, 0.1) is 18.3 Å². The first-order valence-electron chi connectivity index (χ1n) is 7.56. The summed E-state index contributed by atoms with van der Waals surface area (Å²) >= 11 is 0. The fourth-order valence-corrected chi connectivity index (χ4v) is 2.53. The van der Waals surface area contributed by atoms with Crippen LogP contribution in [-0.2, 0) is 16.1 Å². The smallest absolute Gasteiger partial charge is 0.407 e. The van der Waals surface area contributed by atoms with Gasteiger partial charge in [0, 0.05) is 13.0 Å². The number of aliphatic hydroxyl groups is 1. The van der Waals surface area contributed by atoms with E-state index < -0.39 is 12.2 Å². The van der Waals surface area contributed by atoms with Crippen LogP contribution >= 0.6 is 0 Å². The molecule has 120 valence electrons. The molecule has 22 heavy (non-hydrogen) atoms. The predicted octanol–water partition coefficient (Wildman–Crippen LogP) is 2.40. The molecule has 1 heterocycles. The van der Waals surface area contributed by atoms with E-state index in [1.165, 1.54) is 0 Å². The molecule has 0 radical (unpaired) electrons. The number of aliphatic hydroxyl groups excluding tert-OH is 1. The van der Waals surface area contributed by atoms with Crippen LogP contribution < -0.4 is 5.32 Å². The molecular weight excluding hydrogens is 282 g/mol. The van der Waals surface area contributed by atoms with Gasteiger partial charge in [-0.3, -0.25) is 0 Å². The van der Waals surface area contributed by atoms with Gasteiger partial charge in [-0.2, -0.15) is 0 Å². The number of ether oxygens (including phenoxy) is 2. The average Bonchev–Trinajstić information content (AvgIpc) is 2.52. The molecule has 1 aromatic rings. The van der Waals surface area contributed by atoms with Gasteiger partial charge in [0.2, 0.25) is 0 Å². The molecule has 1 saturated heterocycles. The molecule has 1 amide bonds. The van der Waals surface area contributed by atoms with E-state index in [0.29, 0.717) is 25.8 Å². The number of hydrogen-bond donors (Lipinski definition) is 2. The molecule has 0 unspecified atom stereocenters. The van der Waals surface area contributed by atoms with Crippen molar-refractivity contribution in [2.24, 2.45) is 0 Å². The van der Waals surface area contributed by atoms with Crippen LogP contribution in [0.2, 0.25) is 0 Å². The molecule has 2 N–H and O–H groups in total. The third-order valence-corrected chi connectivity index (χ3v) is 3.57. The summed E-state index contributed by atoms with van der Waals surface area (Å²) in [5, 5.41) is 12.5. The molecule has 1 aliphatic rings. The quantitative estimate of drug-likeness (QED) is 0.792. The van der Waals surface area contributed by atoms with Crippen molar-refractivity contribution < 1.29 is 19.4 Å². The molecule has 1 aliphatic heterocycles. The van der Waals surface area contributed by atoms with Gasteiger partial charge >= 0.3 is 6.09 Å². The van der Waals surface area contributed by atoms with Crippen LogP contribution in [-0.4, -0.2) is 36.1 Å². The molecule has 0 aromatic heterocycles. The van der Waals surface area contributed by atoms with Crippen molar-refractivity contribution in [1.82, 2.24) is 5.32 Å². The van der Waals surface area contributed by atoms with Crippen molar-refractivity contribution in [2.75, 3.05) is 6.54 Å². The first-order valence-corrected chi connectivity index (χ1v) is 7.56. The molecular formula is C17H23NO4. The van der Waals surface area contributed by atoms with Gasteiger partial charge in [-0.25, -0.2) is 4.79 Å². The monoisotopic (exact) mass is 305 g/mol. The van der Waals surface area contributed by atoms with E-state index in [9.17, 15) is 9.90 Å². The normalized spacial score (nSPS) is 24.5. The molecule has 0 spiro atoms. The van der Waals surface area contributed by atoms with Gasteiger partial charge in [-0.1, -0.05) is 36.4 Å². The summed E-state index contributed by atoms with van der Waals surface area (Å²) in [6.07, 6.45) is 2.51. The highest BCUT2D eigenvalue weighted by molar-refractivity contribution is 5.67. The second-order valence-electron chi connectivity index (χ2n) is 5.47. The minimum atomic E-state index is -0.479. The Hall–Kier alpha value is -1.85. The summed E-state index contributed by atoms with van der Waals surface area (Å²) in [4.78, 5) is 11.7. The Morgan fingerprint density at radius 3 is 2.82 bits per heavy atom. The van der Waals surface area contributed by atoms with Crippen LogP contribution in [0.1, 0.15) is 24.8 Å². The van der Waals surface area contributed by atoms with Gasteiger partial charge < -0.3 is 19.9 Å². The molecule has 5 nitrogen and oxygen atoms in total. The first-order chi connectivity index (χ1) is 10.7. The molecule has 1 aromatic carbocycles. The van der Waals surface area contributed by atoms with Gasteiger partial charge in [0.25, 0.3) is 0 Å². The summed E-state index contributed by atoms with van der Waals surface area (Å²) in [7, 11) is 0. The van der Waals surface area contributed by atoms with Crippen LogP contribution in [0, 0.1) is 0 Å². The zero-order chi connectivity index (χ0) is 15.8. The Morgan fingerprint density at radius 1 is 1.36 bits per heavy atom. The third-order valence-electron chi connectivity index (χ3n) is 3.57. The van der Waals surface area contributed by atoms with Gasteiger partial charge in [0.15, 0.2) is 0 Å². The van der Waals surface area contributed by atoms with E-state index in [1.807, 2.05) is 30.3 Å². The van der Waals surface area contributed by atoms with Crippen LogP contribution in [0.15, 0.2) is 43.0 Å². The van der Waals surface area contributed by atoms with Crippen molar-refractivity contribution in [1.29, 1.82) is 0 Å². The molecule has 5 heteroatoms. The summed E-state index contributed by atoms with van der Waals surface area (Å²) < 4.78 is 10.9. The van der Waals surface area contributed by atoms with Crippen molar-refractivity contribution in [3.8, 4) is 0 Å². The van der Waals surface area contributed by atoms with Crippen LogP contribution in [0.3, 0.4) is 0 Å². The zero-order valence-corrected chi connectivity index (χ0v) is 12.6. The van der Waals surface area contributed by atoms with E-state index in [0.717, 1.165) is 5.56 Å². The average molecular weight is 305 g/mol. The molecule has 3 atom stereocenters. The number of benzene rings is 1. The summed E-state index contributed by atoms with van der Waals surface area (Å²) in [6, 6.07) is 9.50. The second-order valence-corrected chi connectivity index (χ2v) is 5.47. The van der Waals surface area contributed by atoms with Crippen molar-refractivity contribution in [3.63, 3.8) is 0 Å². The number of nitrogens with one attached hydrogen (secondary N) is 1. The SMILES string of the molecule is C=CC[C@@H]1C[C@H](O)C[C@H](CNC(=O)OCc2ccccc2)O1. The van der Waals surface area contributed by atoms with Crippen molar-refractivity contribution in [2.45, 2.75) is 44.2 Å². The Balaban J connectivity index is 1.70. The van der Waals surface area contributed by atoms with E-state index >= 15 is 0 Å². The highest BCUT2D eigenvalue weighted by Crippen LogP contribution is 2.21. The second kappa shape index (κ2) is 8.56. The summed E-state index contributed by atoms with van der Waals surface area (Å²) in [5.41, 5.74) is 0.938. The van der Waals surface area contributed by atoms with Crippen molar-refractivity contribution in [3.05, 3.63) is 48.6 Å². The fourth-order valence-electron chi connectivity index (χ4n) is 2.53. The van der Waals surface area contributed by atoms with Gasteiger partial charge in [-0.15, -0.1) is 6.58 Å². The number of amides is 1. The summed E-state index contributed by atoms with van der Waals surface area (Å²) in [5.74, 6) is 0. The van der Waals surface area contributed by atoms with Crippen LogP contribution in [0.25, 0.3) is 0 Å². The Bertz CT molecular complexity index is 477. The van der Waals surface area contributed by atoms with Crippen molar-refractivity contribution >= 4 is 6.09 Å². The maximum Gasteiger partial charge on any atom is 0.407 e. The Labute approximate surface area is 130 Å². The number of hydrogen-bond acceptors (Lipinski definition) is 4. The lowest BCUT2D eigenvalue weighted by molar-refractivity contribution is -0.0916. The number of carbonyl (C=O) groups excluding carboxylic acids is 1. The van der Waals surface area contributed by atoms with Gasteiger partial charge in [0.1, 0.15) is 6.61 Å². The van der Waals surface area contributed by atoms with E-state index in [1.54, 1.807) is 6.08 Å². The minimum absolute atomic E-state index is 0.0339. The van der Waals surface area contributed by atoms with Gasteiger partial charge in [-0.05, 0) is 18.4 Å². The number of alkyl carbamates (subject to hydrolysis) is 1. The zero-order valence-electron chi connectivity index (χ0n) is 12.6.